The van der Waals surface area contributed by atoms with E-state index in [1.165, 1.54) is 0 Å². The first kappa shape index (κ1) is 14.2. The number of hydrogen-bond acceptors (Lipinski definition) is 6. The molecule has 0 aliphatic carbocycles. The number of rotatable bonds is 7. The molecule has 2 aromatic heterocycles. The zero-order chi connectivity index (χ0) is 14.4. The van der Waals surface area contributed by atoms with Crippen molar-refractivity contribution in [3.05, 3.63) is 18.7 Å². The molecule has 0 saturated heterocycles. The highest BCUT2D eigenvalue weighted by Crippen LogP contribution is 2.12. The van der Waals surface area contributed by atoms with Gasteiger partial charge in [0.15, 0.2) is 0 Å². The van der Waals surface area contributed by atoms with Crippen LogP contribution in [0.15, 0.2) is 18.7 Å². The summed E-state index contributed by atoms with van der Waals surface area (Å²) in [5.74, 6) is 1.85. The van der Waals surface area contributed by atoms with E-state index in [-0.39, 0.29) is 0 Å². The zero-order valence-electron chi connectivity index (χ0n) is 12.2. The Morgan fingerprint density at radius 1 is 1.20 bits per heavy atom. The molecular formula is C13H21N7. The standard InChI is InChI=1S/C13H21N7/c1-4-6-15-11-16-12(19(3)8-5-2)18-13(17-11)20-9-7-14-10-20/h7,9-10H,4-6,8H2,1-3H3,(H,15,16,17,18). The average molecular weight is 275 g/mol. The van der Waals surface area contributed by atoms with Crippen molar-refractivity contribution in [1.29, 1.82) is 0 Å². The fourth-order valence-corrected chi connectivity index (χ4v) is 1.77. The third-order valence-electron chi connectivity index (χ3n) is 2.78. The Morgan fingerprint density at radius 3 is 2.70 bits per heavy atom. The summed E-state index contributed by atoms with van der Waals surface area (Å²) < 4.78 is 1.78. The van der Waals surface area contributed by atoms with E-state index < -0.39 is 0 Å². The predicted molar refractivity (Wildman–Crippen MR) is 79.3 cm³/mol. The molecular weight excluding hydrogens is 254 g/mol. The molecule has 0 aliphatic heterocycles. The molecule has 0 saturated carbocycles. The van der Waals surface area contributed by atoms with Crippen LogP contribution in [0, 0.1) is 0 Å². The van der Waals surface area contributed by atoms with E-state index in [4.69, 9.17) is 0 Å². The van der Waals surface area contributed by atoms with Gasteiger partial charge in [-0.05, 0) is 12.8 Å². The zero-order valence-corrected chi connectivity index (χ0v) is 12.2. The van der Waals surface area contributed by atoms with Crippen molar-refractivity contribution in [2.24, 2.45) is 0 Å². The minimum Gasteiger partial charge on any atom is -0.354 e. The second-order valence-corrected chi connectivity index (χ2v) is 4.58. The van der Waals surface area contributed by atoms with E-state index in [1.807, 2.05) is 18.1 Å². The van der Waals surface area contributed by atoms with E-state index >= 15 is 0 Å². The van der Waals surface area contributed by atoms with Gasteiger partial charge in [0.2, 0.25) is 17.8 Å². The molecule has 0 unspecified atom stereocenters. The van der Waals surface area contributed by atoms with Crippen molar-refractivity contribution in [2.45, 2.75) is 26.7 Å². The molecule has 0 aliphatic rings. The van der Waals surface area contributed by atoms with Gasteiger partial charge in [-0.15, -0.1) is 0 Å². The number of aromatic nitrogens is 5. The van der Waals surface area contributed by atoms with Crippen LogP contribution in [0.5, 0.6) is 0 Å². The molecule has 0 radical (unpaired) electrons. The molecule has 0 amide bonds. The number of nitrogens with zero attached hydrogens (tertiary/aromatic N) is 6. The third-order valence-corrected chi connectivity index (χ3v) is 2.78. The van der Waals surface area contributed by atoms with Gasteiger partial charge in [0.25, 0.3) is 0 Å². The highest BCUT2D eigenvalue weighted by molar-refractivity contribution is 5.39. The first-order chi connectivity index (χ1) is 9.74. The summed E-state index contributed by atoms with van der Waals surface area (Å²) in [5.41, 5.74) is 0. The molecule has 20 heavy (non-hydrogen) atoms. The van der Waals surface area contributed by atoms with Gasteiger partial charge in [0.1, 0.15) is 6.33 Å². The van der Waals surface area contributed by atoms with Crippen LogP contribution in [0.25, 0.3) is 5.95 Å². The molecule has 2 heterocycles. The van der Waals surface area contributed by atoms with Crippen LogP contribution in [0.3, 0.4) is 0 Å². The van der Waals surface area contributed by atoms with Gasteiger partial charge < -0.3 is 10.2 Å². The molecule has 0 fully saturated rings. The van der Waals surface area contributed by atoms with Crippen molar-refractivity contribution in [3.63, 3.8) is 0 Å². The maximum atomic E-state index is 4.49. The number of anilines is 2. The van der Waals surface area contributed by atoms with Crippen LogP contribution in [0.1, 0.15) is 26.7 Å². The molecule has 2 rings (SSSR count). The van der Waals surface area contributed by atoms with Crippen molar-refractivity contribution < 1.29 is 0 Å². The Labute approximate surface area is 119 Å². The van der Waals surface area contributed by atoms with Gasteiger partial charge in [-0.2, -0.15) is 15.0 Å². The van der Waals surface area contributed by atoms with Crippen molar-refractivity contribution in [3.8, 4) is 5.95 Å². The monoisotopic (exact) mass is 275 g/mol. The molecule has 7 nitrogen and oxygen atoms in total. The normalized spacial score (nSPS) is 10.6. The van der Waals surface area contributed by atoms with Crippen LogP contribution < -0.4 is 10.2 Å². The minimum atomic E-state index is 0.578. The molecule has 0 aromatic carbocycles. The van der Waals surface area contributed by atoms with Crippen molar-refractivity contribution in [2.75, 3.05) is 30.4 Å². The Morgan fingerprint density at radius 2 is 2.05 bits per heavy atom. The van der Waals surface area contributed by atoms with E-state index in [2.05, 4.69) is 39.1 Å². The van der Waals surface area contributed by atoms with Crippen LogP contribution in [0.2, 0.25) is 0 Å². The second-order valence-electron chi connectivity index (χ2n) is 4.58. The van der Waals surface area contributed by atoms with Gasteiger partial charge in [-0.25, -0.2) is 4.98 Å². The maximum absolute atomic E-state index is 4.49. The molecule has 108 valence electrons. The Bertz CT molecular complexity index is 524. The van der Waals surface area contributed by atoms with Crippen LogP contribution >= 0.6 is 0 Å². The van der Waals surface area contributed by atoms with E-state index in [9.17, 15) is 0 Å². The van der Waals surface area contributed by atoms with Crippen LogP contribution in [0.4, 0.5) is 11.9 Å². The minimum absolute atomic E-state index is 0.578. The largest absolute Gasteiger partial charge is 0.354 e. The molecule has 0 spiro atoms. The smallest absolute Gasteiger partial charge is 0.241 e. The van der Waals surface area contributed by atoms with Gasteiger partial charge in [0, 0.05) is 32.5 Å². The van der Waals surface area contributed by atoms with Crippen LogP contribution in [-0.2, 0) is 0 Å². The van der Waals surface area contributed by atoms with Crippen molar-refractivity contribution >= 4 is 11.9 Å². The lowest BCUT2D eigenvalue weighted by molar-refractivity contribution is 0.794. The highest BCUT2D eigenvalue weighted by atomic mass is 15.3. The summed E-state index contributed by atoms with van der Waals surface area (Å²) in [6.45, 7) is 5.98. The highest BCUT2D eigenvalue weighted by Gasteiger charge is 2.10. The molecule has 0 atom stereocenters. The quantitative estimate of drug-likeness (QED) is 0.829. The number of imidazole rings is 1. The van der Waals surface area contributed by atoms with E-state index in [1.54, 1.807) is 17.1 Å². The average Bonchev–Trinajstić information content (AvgIpc) is 2.99. The Hall–Kier alpha value is -2.18. The summed E-state index contributed by atoms with van der Waals surface area (Å²) in [4.78, 5) is 19.4. The van der Waals surface area contributed by atoms with E-state index in [0.717, 1.165) is 25.9 Å². The first-order valence-electron chi connectivity index (χ1n) is 6.94. The lowest BCUT2D eigenvalue weighted by Gasteiger charge is -2.17. The first-order valence-corrected chi connectivity index (χ1v) is 6.94. The molecule has 2 aromatic rings. The predicted octanol–water partition coefficient (Wildman–Crippen LogP) is 1.73. The van der Waals surface area contributed by atoms with Crippen molar-refractivity contribution in [1.82, 2.24) is 24.5 Å². The van der Waals surface area contributed by atoms with Gasteiger partial charge >= 0.3 is 0 Å². The third kappa shape index (κ3) is 3.43. The Kier molecular flexibility index (Phi) is 4.86. The lowest BCUT2D eigenvalue weighted by atomic mass is 10.4. The summed E-state index contributed by atoms with van der Waals surface area (Å²) in [7, 11) is 1.99. The molecule has 1 N–H and O–H groups in total. The lowest BCUT2D eigenvalue weighted by Crippen LogP contribution is -2.22. The SMILES string of the molecule is CCCNc1nc(N(C)CCC)nc(-n2ccnc2)n1. The van der Waals surface area contributed by atoms with Crippen LogP contribution in [-0.4, -0.2) is 44.6 Å². The number of nitrogens with one attached hydrogen (secondary N) is 1. The second kappa shape index (κ2) is 6.83. The maximum Gasteiger partial charge on any atom is 0.241 e. The van der Waals surface area contributed by atoms with Gasteiger partial charge in [-0.1, -0.05) is 13.8 Å². The Balaban J connectivity index is 2.33. The van der Waals surface area contributed by atoms with Gasteiger partial charge in [0.05, 0.1) is 0 Å². The molecule has 7 heteroatoms. The number of hydrogen-bond donors (Lipinski definition) is 1. The summed E-state index contributed by atoms with van der Waals surface area (Å²) >= 11 is 0. The topological polar surface area (TPSA) is 71.8 Å². The summed E-state index contributed by atoms with van der Waals surface area (Å²) in [6.07, 6.45) is 7.27. The fourth-order valence-electron chi connectivity index (χ4n) is 1.77. The molecule has 0 bridgehead atoms. The summed E-state index contributed by atoms with van der Waals surface area (Å²) in [6, 6.07) is 0. The summed E-state index contributed by atoms with van der Waals surface area (Å²) in [5, 5.41) is 3.21. The van der Waals surface area contributed by atoms with E-state index in [0.29, 0.717) is 17.8 Å². The van der Waals surface area contributed by atoms with Gasteiger partial charge in [-0.3, -0.25) is 4.57 Å². The fraction of sp³-hybridized carbons (Fsp3) is 0.538.